The standard InChI is InChI=1S/C27H26Cl2N4O3.C6H10O2/c1-16(31-25(34)24-21(28)5-4-6-22(24)29)13-17-7-10-19(11-8-17)33-26(35)20-12-9-18(15-30-2)14-23(20)32(3)27(33)36;7-5-8-6-3-1-2-4-6/h4-12,14,16,30H,13,15H2,1-3H3,(H,31,34);5-6H,1-4H2. The second-order valence-corrected chi connectivity index (χ2v) is 11.7. The van der Waals surface area contributed by atoms with Gasteiger partial charge in [-0.15, -0.1) is 0 Å². The molecule has 0 spiro atoms. The van der Waals surface area contributed by atoms with Gasteiger partial charge >= 0.3 is 5.69 Å². The van der Waals surface area contributed by atoms with Gasteiger partial charge in [0.1, 0.15) is 6.10 Å². The molecule has 1 aliphatic carbocycles. The van der Waals surface area contributed by atoms with E-state index in [1.54, 1.807) is 43.4 Å². The molecule has 1 aliphatic rings. The fraction of sp³-hybridized carbons (Fsp3) is 0.333. The predicted molar refractivity (Wildman–Crippen MR) is 174 cm³/mol. The van der Waals surface area contributed by atoms with Gasteiger partial charge in [0.25, 0.3) is 17.9 Å². The van der Waals surface area contributed by atoms with E-state index in [0.717, 1.165) is 24.0 Å². The van der Waals surface area contributed by atoms with E-state index >= 15 is 0 Å². The third-order valence-corrected chi connectivity index (χ3v) is 8.20. The van der Waals surface area contributed by atoms with Crippen molar-refractivity contribution >= 4 is 46.5 Å². The summed E-state index contributed by atoms with van der Waals surface area (Å²) in [5.74, 6) is -0.348. The Morgan fingerprint density at radius 3 is 2.27 bits per heavy atom. The highest BCUT2D eigenvalue weighted by Crippen LogP contribution is 2.24. The molecule has 0 saturated heterocycles. The van der Waals surface area contributed by atoms with E-state index < -0.39 is 5.69 Å². The van der Waals surface area contributed by atoms with Crippen LogP contribution >= 0.6 is 23.2 Å². The van der Waals surface area contributed by atoms with E-state index in [1.807, 2.05) is 38.2 Å². The number of nitrogens with zero attached hydrogens (tertiary/aromatic N) is 2. The van der Waals surface area contributed by atoms with Crippen LogP contribution in [0.25, 0.3) is 16.6 Å². The van der Waals surface area contributed by atoms with Gasteiger partial charge in [-0.1, -0.05) is 47.5 Å². The molecule has 11 heteroatoms. The molecule has 5 rings (SSSR count). The molecule has 1 fully saturated rings. The van der Waals surface area contributed by atoms with Crippen molar-refractivity contribution in [1.29, 1.82) is 0 Å². The molecule has 0 bridgehead atoms. The predicted octanol–water partition coefficient (Wildman–Crippen LogP) is 5.18. The van der Waals surface area contributed by atoms with Crippen molar-refractivity contribution in [1.82, 2.24) is 19.8 Å². The van der Waals surface area contributed by atoms with Gasteiger partial charge in [0.05, 0.1) is 32.2 Å². The summed E-state index contributed by atoms with van der Waals surface area (Å²) in [6, 6.07) is 17.3. The van der Waals surface area contributed by atoms with Crippen LogP contribution in [0.1, 0.15) is 54.1 Å². The molecule has 1 unspecified atom stereocenters. The van der Waals surface area contributed by atoms with Gasteiger partial charge in [0.2, 0.25) is 0 Å². The molecule has 1 heterocycles. The van der Waals surface area contributed by atoms with Gasteiger partial charge in [-0.05, 0) is 93.6 Å². The lowest BCUT2D eigenvalue weighted by molar-refractivity contribution is -0.133. The van der Waals surface area contributed by atoms with Gasteiger partial charge in [-0.2, -0.15) is 0 Å². The summed E-state index contributed by atoms with van der Waals surface area (Å²) < 4.78 is 7.38. The lowest BCUT2D eigenvalue weighted by atomic mass is 10.1. The first kappa shape index (κ1) is 33.0. The third-order valence-electron chi connectivity index (χ3n) is 7.57. The van der Waals surface area contributed by atoms with Crippen molar-refractivity contribution in [2.45, 2.75) is 57.7 Å². The molecule has 3 aromatic carbocycles. The van der Waals surface area contributed by atoms with E-state index in [1.165, 1.54) is 22.0 Å². The normalized spacial score (nSPS) is 13.7. The average Bonchev–Trinajstić information content (AvgIpc) is 3.51. The van der Waals surface area contributed by atoms with Crippen LogP contribution in [-0.4, -0.2) is 40.7 Å². The smallest absolute Gasteiger partial charge is 0.335 e. The highest BCUT2D eigenvalue weighted by Gasteiger charge is 2.18. The van der Waals surface area contributed by atoms with Gasteiger partial charge in [0.15, 0.2) is 0 Å². The molecular weight excluding hydrogens is 603 g/mol. The number of carbonyl (C=O) groups is 2. The number of hydrogen-bond acceptors (Lipinski definition) is 6. The number of amides is 1. The number of nitrogens with one attached hydrogen (secondary N) is 2. The second-order valence-electron chi connectivity index (χ2n) is 10.8. The van der Waals surface area contributed by atoms with Crippen LogP contribution in [0, 0.1) is 0 Å². The van der Waals surface area contributed by atoms with E-state index in [0.29, 0.717) is 36.0 Å². The largest absolute Gasteiger partial charge is 0.465 e. The summed E-state index contributed by atoms with van der Waals surface area (Å²) in [5, 5.41) is 7.03. The summed E-state index contributed by atoms with van der Waals surface area (Å²) in [6.45, 7) is 3.07. The van der Waals surface area contributed by atoms with Crippen LogP contribution in [0.15, 0.2) is 70.3 Å². The average molecular weight is 640 g/mol. The summed E-state index contributed by atoms with van der Waals surface area (Å²) in [7, 11) is 3.50. The Hall–Kier alpha value is -3.92. The van der Waals surface area contributed by atoms with E-state index in [2.05, 4.69) is 10.6 Å². The summed E-state index contributed by atoms with van der Waals surface area (Å²) >= 11 is 12.3. The zero-order chi connectivity index (χ0) is 31.8. The zero-order valence-corrected chi connectivity index (χ0v) is 26.5. The van der Waals surface area contributed by atoms with Crippen molar-refractivity contribution < 1.29 is 14.3 Å². The van der Waals surface area contributed by atoms with Crippen LogP contribution < -0.4 is 21.9 Å². The first-order valence-corrected chi connectivity index (χ1v) is 15.2. The summed E-state index contributed by atoms with van der Waals surface area (Å²) in [4.78, 5) is 48.7. The Labute approximate surface area is 265 Å². The SMILES string of the molecule is CNCc1ccc2c(=O)n(-c3ccc(CC(C)NC(=O)c4c(Cl)cccc4Cl)cc3)c(=O)n(C)c2c1.O=COC1CCCC1. The maximum absolute atomic E-state index is 13.2. The van der Waals surface area contributed by atoms with Crippen molar-refractivity contribution in [3.8, 4) is 5.69 Å². The fourth-order valence-corrected chi connectivity index (χ4v) is 5.91. The maximum Gasteiger partial charge on any atom is 0.335 e. The number of benzene rings is 3. The quantitative estimate of drug-likeness (QED) is 0.244. The number of ether oxygens (including phenoxy) is 1. The first-order chi connectivity index (χ1) is 21.1. The Morgan fingerprint density at radius 1 is 1.02 bits per heavy atom. The first-order valence-electron chi connectivity index (χ1n) is 14.5. The Bertz CT molecular complexity index is 1720. The molecule has 1 aromatic heterocycles. The van der Waals surface area contributed by atoms with Crippen molar-refractivity contribution in [2.75, 3.05) is 7.05 Å². The van der Waals surface area contributed by atoms with Crippen LogP contribution in [-0.2, 0) is 29.5 Å². The Kier molecular flexibility index (Phi) is 11.4. The molecule has 1 saturated carbocycles. The number of hydrogen-bond donors (Lipinski definition) is 2. The highest BCUT2D eigenvalue weighted by molar-refractivity contribution is 6.39. The van der Waals surface area contributed by atoms with Crippen molar-refractivity contribution in [3.63, 3.8) is 0 Å². The van der Waals surface area contributed by atoms with E-state index in [-0.39, 0.29) is 39.2 Å². The Morgan fingerprint density at radius 2 is 1.66 bits per heavy atom. The second kappa shape index (κ2) is 15.2. The zero-order valence-electron chi connectivity index (χ0n) is 24.9. The topological polar surface area (TPSA) is 111 Å². The lowest BCUT2D eigenvalue weighted by Gasteiger charge is -2.16. The molecular formula is C33H36Cl2N4O5. The highest BCUT2D eigenvalue weighted by atomic mass is 35.5. The number of aromatic nitrogens is 2. The summed E-state index contributed by atoms with van der Waals surface area (Å²) in [5.41, 5.74) is 2.44. The maximum atomic E-state index is 13.2. The number of halogens is 2. The van der Waals surface area contributed by atoms with Crippen molar-refractivity contribution in [3.05, 3.63) is 108 Å². The van der Waals surface area contributed by atoms with Gasteiger partial charge in [0, 0.05) is 19.6 Å². The Balaban J connectivity index is 0.000000479. The molecule has 232 valence electrons. The molecule has 0 radical (unpaired) electrons. The van der Waals surface area contributed by atoms with Crippen molar-refractivity contribution in [2.24, 2.45) is 7.05 Å². The van der Waals surface area contributed by atoms with E-state index in [4.69, 9.17) is 27.9 Å². The molecule has 9 nitrogen and oxygen atoms in total. The number of carbonyl (C=O) groups excluding carboxylic acids is 2. The molecule has 44 heavy (non-hydrogen) atoms. The van der Waals surface area contributed by atoms with Gasteiger partial charge in [-0.3, -0.25) is 19.0 Å². The fourth-order valence-electron chi connectivity index (χ4n) is 5.34. The minimum absolute atomic E-state index is 0.209. The van der Waals surface area contributed by atoms with Crippen LogP contribution in [0.2, 0.25) is 10.0 Å². The third kappa shape index (κ3) is 7.77. The van der Waals surface area contributed by atoms with Gasteiger partial charge < -0.3 is 15.4 Å². The van der Waals surface area contributed by atoms with Crippen LogP contribution in [0.5, 0.6) is 0 Å². The lowest BCUT2D eigenvalue weighted by Crippen LogP contribution is -2.38. The monoisotopic (exact) mass is 638 g/mol. The minimum atomic E-state index is -0.417. The summed E-state index contributed by atoms with van der Waals surface area (Å²) in [6.07, 6.45) is 5.36. The minimum Gasteiger partial charge on any atom is -0.465 e. The number of aryl methyl sites for hydroxylation is 1. The molecule has 0 aliphatic heterocycles. The number of fused-ring (bicyclic) bond motifs is 1. The molecule has 1 amide bonds. The molecule has 1 atom stereocenters. The number of rotatable bonds is 9. The van der Waals surface area contributed by atoms with E-state index in [9.17, 15) is 19.2 Å². The molecule has 4 aromatic rings. The van der Waals surface area contributed by atoms with Gasteiger partial charge in [-0.25, -0.2) is 9.36 Å². The van der Waals surface area contributed by atoms with Crippen LogP contribution in [0.4, 0.5) is 0 Å². The van der Waals surface area contributed by atoms with Crippen LogP contribution in [0.3, 0.4) is 0 Å². The molecule has 2 N–H and O–H groups in total.